The molecule has 0 aliphatic carbocycles. The van der Waals surface area contributed by atoms with Crippen LogP contribution in [0.5, 0.6) is 0 Å². The van der Waals surface area contributed by atoms with E-state index in [0.717, 1.165) is 23.1 Å². The summed E-state index contributed by atoms with van der Waals surface area (Å²) in [5, 5.41) is 11.1. The first kappa shape index (κ1) is 19.5. The van der Waals surface area contributed by atoms with Gasteiger partial charge in [0, 0.05) is 25.3 Å². The highest BCUT2D eigenvalue weighted by Crippen LogP contribution is 2.27. The number of carbonyl (C=O) groups excluding carboxylic acids is 1. The van der Waals surface area contributed by atoms with Gasteiger partial charge in [-0.1, -0.05) is 29.0 Å². The molecule has 6 nitrogen and oxygen atoms in total. The molecular formula is C18H25N3O3S. The van der Waals surface area contributed by atoms with Gasteiger partial charge in [-0.3, -0.25) is 4.79 Å². The normalized spacial score (nSPS) is 12.2. The zero-order valence-corrected chi connectivity index (χ0v) is 16.0. The molecule has 0 bridgehead atoms. The van der Waals surface area contributed by atoms with Crippen LogP contribution >= 0.6 is 11.8 Å². The molecule has 1 aromatic heterocycles. The van der Waals surface area contributed by atoms with Gasteiger partial charge in [0.1, 0.15) is 0 Å². The number of hydrogen-bond donors (Lipinski definition) is 1. The van der Waals surface area contributed by atoms with Crippen molar-refractivity contribution in [1.29, 1.82) is 0 Å². The summed E-state index contributed by atoms with van der Waals surface area (Å²) in [5.41, 5.74) is 3.18. The molecule has 7 heteroatoms. The van der Waals surface area contributed by atoms with E-state index in [4.69, 9.17) is 9.15 Å². The summed E-state index contributed by atoms with van der Waals surface area (Å²) < 4.78 is 10.9. The van der Waals surface area contributed by atoms with Gasteiger partial charge in [0.25, 0.3) is 5.22 Å². The van der Waals surface area contributed by atoms with Crippen molar-refractivity contribution in [3.05, 3.63) is 29.3 Å². The van der Waals surface area contributed by atoms with Crippen molar-refractivity contribution in [2.45, 2.75) is 44.6 Å². The van der Waals surface area contributed by atoms with Crippen LogP contribution in [0.1, 0.15) is 31.4 Å². The number of ether oxygens (including phenoxy) is 1. The van der Waals surface area contributed by atoms with Crippen molar-refractivity contribution >= 4 is 17.7 Å². The topological polar surface area (TPSA) is 77.2 Å². The minimum Gasteiger partial charge on any atom is -0.411 e. The van der Waals surface area contributed by atoms with Crippen molar-refractivity contribution in [3.63, 3.8) is 0 Å². The average Bonchev–Trinajstić information content (AvgIpc) is 3.02. The van der Waals surface area contributed by atoms with E-state index in [1.807, 2.05) is 39.8 Å². The van der Waals surface area contributed by atoms with Gasteiger partial charge in [0.15, 0.2) is 0 Å². The van der Waals surface area contributed by atoms with E-state index in [0.29, 0.717) is 30.9 Å². The summed E-state index contributed by atoms with van der Waals surface area (Å²) in [7, 11) is 0. The summed E-state index contributed by atoms with van der Waals surface area (Å²) >= 11 is 1.26. The molecular weight excluding hydrogens is 338 g/mol. The lowest BCUT2D eigenvalue weighted by Crippen LogP contribution is -2.32. The van der Waals surface area contributed by atoms with Crippen LogP contribution in [0.3, 0.4) is 0 Å². The van der Waals surface area contributed by atoms with Crippen LogP contribution in [0.15, 0.2) is 27.8 Å². The van der Waals surface area contributed by atoms with Crippen LogP contribution in [-0.4, -0.2) is 41.1 Å². The number of aromatic nitrogens is 2. The number of thioether (sulfide) groups is 1. The first-order valence-corrected chi connectivity index (χ1v) is 9.32. The molecule has 2 rings (SSSR count). The number of amides is 1. The summed E-state index contributed by atoms with van der Waals surface area (Å²) in [5.74, 6) is 0.422. The van der Waals surface area contributed by atoms with E-state index >= 15 is 0 Å². The second-order valence-electron chi connectivity index (χ2n) is 5.85. The molecule has 1 aromatic carbocycles. The second kappa shape index (κ2) is 9.58. The van der Waals surface area contributed by atoms with Gasteiger partial charge in [-0.05, 0) is 46.2 Å². The van der Waals surface area contributed by atoms with E-state index in [1.54, 1.807) is 0 Å². The van der Waals surface area contributed by atoms with Crippen molar-refractivity contribution in [2.75, 3.05) is 19.8 Å². The number of nitrogens with one attached hydrogen (secondary N) is 1. The number of nitrogens with zero attached hydrogens (tertiary/aromatic N) is 2. The molecule has 0 aliphatic heterocycles. The highest BCUT2D eigenvalue weighted by molar-refractivity contribution is 8.00. The van der Waals surface area contributed by atoms with Gasteiger partial charge < -0.3 is 14.5 Å². The molecule has 0 radical (unpaired) electrons. The predicted molar refractivity (Wildman–Crippen MR) is 98.6 cm³/mol. The van der Waals surface area contributed by atoms with E-state index in [-0.39, 0.29) is 11.2 Å². The molecule has 2 aromatic rings. The fraction of sp³-hybridized carbons (Fsp3) is 0.500. The maximum absolute atomic E-state index is 12.1. The van der Waals surface area contributed by atoms with Gasteiger partial charge in [-0.25, -0.2) is 0 Å². The number of rotatable bonds is 9. The van der Waals surface area contributed by atoms with Crippen LogP contribution in [-0.2, 0) is 9.53 Å². The van der Waals surface area contributed by atoms with Crippen molar-refractivity contribution < 1.29 is 13.9 Å². The average molecular weight is 363 g/mol. The van der Waals surface area contributed by atoms with Gasteiger partial charge in [0.05, 0.1) is 5.25 Å². The lowest BCUT2D eigenvalue weighted by atomic mass is 10.1. The molecule has 25 heavy (non-hydrogen) atoms. The van der Waals surface area contributed by atoms with Crippen molar-refractivity contribution in [2.24, 2.45) is 0 Å². The standard InChI is InChI=1S/C18H25N3O3S/c1-5-23-8-6-7-19-16(22)14(4)25-18-21-20-17(24-18)15-10-12(2)9-13(3)11-15/h9-11,14H,5-8H2,1-4H3,(H,19,22). The van der Waals surface area contributed by atoms with Gasteiger partial charge >= 0.3 is 0 Å². The fourth-order valence-electron chi connectivity index (χ4n) is 2.35. The third kappa shape index (κ3) is 6.17. The van der Waals surface area contributed by atoms with Gasteiger partial charge in [0.2, 0.25) is 11.8 Å². The lowest BCUT2D eigenvalue weighted by molar-refractivity contribution is -0.120. The van der Waals surface area contributed by atoms with Crippen molar-refractivity contribution in [1.82, 2.24) is 15.5 Å². The maximum Gasteiger partial charge on any atom is 0.277 e. The smallest absolute Gasteiger partial charge is 0.277 e. The Labute approximate surface area is 152 Å². The lowest BCUT2D eigenvalue weighted by Gasteiger charge is -2.09. The van der Waals surface area contributed by atoms with Crippen LogP contribution in [0.4, 0.5) is 0 Å². The monoisotopic (exact) mass is 363 g/mol. The van der Waals surface area contributed by atoms with Gasteiger partial charge in [-0.2, -0.15) is 0 Å². The Morgan fingerprint density at radius 3 is 2.68 bits per heavy atom. The number of carbonyl (C=O) groups is 1. The molecule has 0 aliphatic rings. The number of hydrogen-bond acceptors (Lipinski definition) is 6. The van der Waals surface area contributed by atoms with Crippen molar-refractivity contribution in [3.8, 4) is 11.5 Å². The molecule has 0 fully saturated rings. The number of aryl methyl sites for hydroxylation is 2. The third-order valence-corrected chi connectivity index (χ3v) is 4.42. The second-order valence-corrected chi connectivity index (χ2v) is 7.14. The summed E-state index contributed by atoms with van der Waals surface area (Å²) in [6.45, 7) is 9.78. The summed E-state index contributed by atoms with van der Waals surface area (Å²) in [6.07, 6.45) is 0.800. The summed E-state index contributed by atoms with van der Waals surface area (Å²) in [4.78, 5) is 12.1. The van der Waals surface area contributed by atoms with Gasteiger partial charge in [-0.15, -0.1) is 10.2 Å². The van der Waals surface area contributed by atoms with Crippen LogP contribution in [0, 0.1) is 13.8 Å². The quantitative estimate of drug-likeness (QED) is 0.544. The Hall–Kier alpha value is -1.86. The zero-order chi connectivity index (χ0) is 18.2. The van der Waals surface area contributed by atoms with E-state index in [1.165, 1.54) is 11.8 Å². The minimum atomic E-state index is -0.306. The van der Waals surface area contributed by atoms with Crippen LogP contribution in [0.25, 0.3) is 11.5 Å². The van der Waals surface area contributed by atoms with E-state index < -0.39 is 0 Å². The summed E-state index contributed by atoms with van der Waals surface area (Å²) in [6, 6.07) is 6.10. The largest absolute Gasteiger partial charge is 0.411 e. The van der Waals surface area contributed by atoms with E-state index in [2.05, 4.69) is 21.6 Å². The first-order chi connectivity index (χ1) is 12.0. The predicted octanol–water partition coefficient (Wildman–Crippen LogP) is 3.38. The third-order valence-electron chi connectivity index (χ3n) is 3.49. The SMILES string of the molecule is CCOCCCNC(=O)C(C)Sc1nnc(-c2cc(C)cc(C)c2)o1. The highest BCUT2D eigenvalue weighted by atomic mass is 32.2. The molecule has 1 atom stereocenters. The Morgan fingerprint density at radius 2 is 2.00 bits per heavy atom. The molecule has 1 N–H and O–H groups in total. The first-order valence-electron chi connectivity index (χ1n) is 8.44. The Balaban J connectivity index is 1.88. The minimum absolute atomic E-state index is 0.0485. The molecule has 0 spiro atoms. The fourth-order valence-corrected chi connectivity index (χ4v) is 3.06. The molecule has 1 heterocycles. The Kier molecular flexibility index (Phi) is 7.46. The molecule has 1 unspecified atom stereocenters. The number of benzene rings is 1. The van der Waals surface area contributed by atoms with Crippen LogP contribution in [0.2, 0.25) is 0 Å². The molecule has 0 saturated heterocycles. The maximum atomic E-state index is 12.1. The molecule has 136 valence electrons. The van der Waals surface area contributed by atoms with E-state index in [9.17, 15) is 4.79 Å². The Bertz CT molecular complexity index is 682. The van der Waals surface area contributed by atoms with Crippen LogP contribution < -0.4 is 5.32 Å². The zero-order valence-electron chi connectivity index (χ0n) is 15.2. The molecule has 1 amide bonds. The highest BCUT2D eigenvalue weighted by Gasteiger charge is 2.18. The molecule has 0 saturated carbocycles. The Morgan fingerprint density at radius 1 is 1.28 bits per heavy atom.